The van der Waals surface area contributed by atoms with E-state index in [0.717, 1.165) is 42.8 Å². The van der Waals surface area contributed by atoms with E-state index in [2.05, 4.69) is 46.9 Å². The normalized spacial score (nSPS) is 15.4. The molecule has 0 spiro atoms. The Morgan fingerprint density at radius 1 is 1.09 bits per heavy atom. The number of ketones is 1. The van der Waals surface area contributed by atoms with Gasteiger partial charge in [0.05, 0.1) is 5.52 Å². The summed E-state index contributed by atoms with van der Waals surface area (Å²) in [6.45, 7) is 6.07. The monoisotopic (exact) mass is 459 g/mol. The third kappa shape index (κ3) is 5.26. The fourth-order valence-corrected chi connectivity index (χ4v) is 5.42. The number of fused-ring (bicyclic) bond motifs is 3. The Labute approximate surface area is 200 Å². The third-order valence-electron chi connectivity index (χ3n) is 6.29. The molecule has 33 heavy (non-hydrogen) atoms. The summed E-state index contributed by atoms with van der Waals surface area (Å²) in [6, 6.07) is 19.2. The van der Waals surface area contributed by atoms with Crippen molar-refractivity contribution in [3.63, 3.8) is 0 Å². The minimum Gasteiger partial charge on any atom is -0.355 e. The minimum atomic E-state index is 0.280. The summed E-state index contributed by atoms with van der Waals surface area (Å²) in [7, 11) is 2.16. The van der Waals surface area contributed by atoms with Gasteiger partial charge in [0.15, 0.2) is 0 Å². The summed E-state index contributed by atoms with van der Waals surface area (Å²) in [4.78, 5) is 19.9. The first kappa shape index (κ1) is 23.4. The number of anilines is 1. The molecule has 3 heterocycles. The molecule has 1 aliphatic rings. The molecule has 2 aromatic carbocycles. The largest absolute Gasteiger partial charge is 0.355 e. The molecule has 5 heteroatoms. The maximum Gasteiger partial charge on any atom is 0.138 e. The fourth-order valence-electron chi connectivity index (χ4n) is 4.49. The van der Waals surface area contributed by atoms with E-state index in [1.54, 1.807) is 11.3 Å². The van der Waals surface area contributed by atoms with Crippen LogP contribution in [-0.2, 0) is 17.6 Å². The number of Topliss-reactive ketones (excluding diaryl/α,β-unsaturated/α-hetero) is 1. The molecule has 1 N–H and O–H groups in total. The zero-order chi connectivity index (χ0) is 23.2. The van der Waals surface area contributed by atoms with Crippen LogP contribution < -0.4 is 10.2 Å². The van der Waals surface area contributed by atoms with Crippen LogP contribution in [0.4, 0.5) is 5.82 Å². The first-order valence-electron chi connectivity index (χ1n) is 12.0. The van der Waals surface area contributed by atoms with E-state index in [4.69, 9.17) is 4.98 Å². The van der Waals surface area contributed by atoms with Crippen molar-refractivity contribution in [1.82, 2.24) is 10.3 Å². The summed E-state index contributed by atoms with van der Waals surface area (Å²) in [5.41, 5.74) is 3.28. The molecule has 1 saturated heterocycles. The van der Waals surface area contributed by atoms with Crippen LogP contribution in [0.25, 0.3) is 21.0 Å². The number of likely N-dealkylation sites (N-methyl/N-ethyl adjacent to an activating group) is 1. The molecule has 5 rings (SSSR count). The molecule has 1 atom stereocenters. The smallest absolute Gasteiger partial charge is 0.138 e. The zero-order valence-corrected chi connectivity index (χ0v) is 20.6. The van der Waals surface area contributed by atoms with Gasteiger partial charge in [0, 0.05) is 47.9 Å². The SMILES string of the molecule is CC.CN(c1nc2cc(CCC(=O)Cc3ccccc3)ccc2c2sccc12)C1CCNC1. The van der Waals surface area contributed by atoms with Gasteiger partial charge in [-0.3, -0.25) is 4.79 Å². The van der Waals surface area contributed by atoms with Crippen molar-refractivity contribution >= 4 is 43.9 Å². The van der Waals surface area contributed by atoms with Crippen LogP contribution in [0.1, 0.15) is 37.8 Å². The van der Waals surface area contributed by atoms with Gasteiger partial charge < -0.3 is 10.2 Å². The van der Waals surface area contributed by atoms with E-state index in [1.165, 1.54) is 21.0 Å². The molecular formula is C28H33N3OS. The average molecular weight is 460 g/mol. The first-order valence-corrected chi connectivity index (χ1v) is 12.9. The molecule has 0 saturated carbocycles. The number of carbonyl (C=O) groups excluding carboxylic acids is 1. The summed E-state index contributed by atoms with van der Waals surface area (Å²) in [6.07, 6.45) is 2.96. The van der Waals surface area contributed by atoms with Gasteiger partial charge in [-0.05, 0) is 48.0 Å². The minimum absolute atomic E-state index is 0.280. The number of rotatable bonds is 7. The highest BCUT2D eigenvalue weighted by Gasteiger charge is 2.23. The molecule has 4 nitrogen and oxygen atoms in total. The van der Waals surface area contributed by atoms with Crippen molar-refractivity contribution in [2.75, 3.05) is 25.0 Å². The fraction of sp³-hybridized carbons (Fsp3) is 0.357. The van der Waals surface area contributed by atoms with Gasteiger partial charge in [-0.25, -0.2) is 4.98 Å². The van der Waals surface area contributed by atoms with Crippen molar-refractivity contribution < 1.29 is 4.79 Å². The second kappa shape index (κ2) is 10.9. The molecule has 1 aliphatic heterocycles. The van der Waals surface area contributed by atoms with Gasteiger partial charge in [-0.1, -0.05) is 56.3 Å². The Hall–Kier alpha value is -2.76. The number of nitrogens with zero attached hydrogens (tertiary/aromatic N) is 2. The Kier molecular flexibility index (Phi) is 7.73. The second-order valence-corrected chi connectivity index (χ2v) is 9.33. The van der Waals surface area contributed by atoms with Crippen LogP contribution in [0, 0.1) is 0 Å². The Morgan fingerprint density at radius 3 is 2.67 bits per heavy atom. The number of nitrogens with one attached hydrogen (secondary N) is 1. The van der Waals surface area contributed by atoms with E-state index < -0.39 is 0 Å². The molecule has 0 radical (unpaired) electrons. The van der Waals surface area contributed by atoms with E-state index in [9.17, 15) is 4.79 Å². The lowest BCUT2D eigenvalue weighted by Crippen LogP contribution is -2.34. The molecule has 0 bridgehead atoms. The number of pyridine rings is 1. The number of benzene rings is 2. The predicted octanol–water partition coefficient (Wildman–Crippen LogP) is 6.02. The van der Waals surface area contributed by atoms with E-state index in [-0.39, 0.29) is 5.78 Å². The van der Waals surface area contributed by atoms with Gasteiger partial charge in [0.2, 0.25) is 0 Å². The number of thiophene rings is 1. The summed E-state index contributed by atoms with van der Waals surface area (Å²) >= 11 is 1.78. The second-order valence-electron chi connectivity index (χ2n) is 8.41. The van der Waals surface area contributed by atoms with Gasteiger partial charge in [-0.15, -0.1) is 11.3 Å². The highest BCUT2D eigenvalue weighted by atomic mass is 32.1. The summed E-state index contributed by atoms with van der Waals surface area (Å²) in [5.74, 6) is 1.34. The molecule has 0 aliphatic carbocycles. The molecule has 0 amide bonds. The quantitative estimate of drug-likeness (QED) is 0.367. The van der Waals surface area contributed by atoms with Crippen molar-refractivity contribution in [1.29, 1.82) is 0 Å². The van der Waals surface area contributed by atoms with Gasteiger partial charge in [0.1, 0.15) is 11.6 Å². The highest BCUT2D eigenvalue weighted by molar-refractivity contribution is 7.18. The number of hydrogen-bond acceptors (Lipinski definition) is 5. The number of aromatic nitrogens is 1. The Bertz CT molecular complexity index is 1210. The lowest BCUT2D eigenvalue weighted by Gasteiger charge is -2.26. The van der Waals surface area contributed by atoms with E-state index in [1.807, 2.05) is 44.2 Å². The van der Waals surface area contributed by atoms with Crippen LogP contribution in [0.3, 0.4) is 0 Å². The number of carbonyl (C=O) groups is 1. The van der Waals surface area contributed by atoms with E-state index in [0.29, 0.717) is 18.9 Å². The van der Waals surface area contributed by atoms with Crippen LogP contribution in [-0.4, -0.2) is 36.9 Å². The Balaban J connectivity index is 0.00000126. The Morgan fingerprint density at radius 2 is 1.91 bits per heavy atom. The zero-order valence-electron chi connectivity index (χ0n) is 19.8. The average Bonchev–Trinajstić information content (AvgIpc) is 3.56. The molecule has 1 unspecified atom stereocenters. The standard InChI is InChI=1S/C26H27N3OS.C2H6/c1-29(20-11-13-27-17-20)26-23-12-14-31-25(23)22-10-8-19(16-24(22)28-26)7-9-21(30)15-18-5-3-2-4-6-18;1-2/h2-6,8,10,12,14,16,20,27H,7,9,11,13,15,17H2,1H3;1-2H3. The van der Waals surface area contributed by atoms with Crippen LogP contribution in [0.15, 0.2) is 60.0 Å². The lowest BCUT2D eigenvalue weighted by atomic mass is 10.0. The highest BCUT2D eigenvalue weighted by Crippen LogP contribution is 2.36. The summed E-state index contributed by atoms with van der Waals surface area (Å²) < 4.78 is 1.30. The number of hydrogen-bond donors (Lipinski definition) is 1. The lowest BCUT2D eigenvalue weighted by molar-refractivity contribution is -0.118. The van der Waals surface area contributed by atoms with Gasteiger partial charge in [-0.2, -0.15) is 0 Å². The van der Waals surface area contributed by atoms with Crippen LogP contribution in [0.2, 0.25) is 0 Å². The topological polar surface area (TPSA) is 45.2 Å². The van der Waals surface area contributed by atoms with E-state index >= 15 is 0 Å². The van der Waals surface area contributed by atoms with Crippen LogP contribution >= 0.6 is 11.3 Å². The van der Waals surface area contributed by atoms with Gasteiger partial charge >= 0.3 is 0 Å². The predicted molar refractivity (Wildman–Crippen MR) is 142 cm³/mol. The molecule has 172 valence electrons. The van der Waals surface area contributed by atoms with Crippen molar-refractivity contribution in [3.05, 3.63) is 71.1 Å². The molecule has 2 aromatic heterocycles. The van der Waals surface area contributed by atoms with Crippen molar-refractivity contribution in [2.24, 2.45) is 0 Å². The molecule has 1 fully saturated rings. The van der Waals surface area contributed by atoms with Crippen molar-refractivity contribution in [3.8, 4) is 0 Å². The first-order chi connectivity index (χ1) is 16.2. The maximum atomic E-state index is 12.5. The van der Waals surface area contributed by atoms with Crippen molar-refractivity contribution in [2.45, 2.75) is 45.6 Å². The van der Waals surface area contributed by atoms with Crippen LogP contribution in [0.5, 0.6) is 0 Å². The molecule has 4 aromatic rings. The maximum absolute atomic E-state index is 12.5. The van der Waals surface area contributed by atoms with Gasteiger partial charge in [0.25, 0.3) is 0 Å². The number of aryl methyl sites for hydroxylation is 1. The third-order valence-corrected chi connectivity index (χ3v) is 7.24. The molecular weight excluding hydrogens is 426 g/mol. The summed E-state index contributed by atoms with van der Waals surface area (Å²) in [5, 5.41) is 8.05.